The summed E-state index contributed by atoms with van der Waals surface area (Å²) < 4.78 is 6.13. The van der Waals surface area contributed by atoms with Gasteiger partial charge in [0.1, 0.15) is 5.75 Å². The molecule has 0 amide bonds. The molecule has 0 fully saturated rings. The van der Waals surface area contributed by atoms with E-state index in [2.05, 4.69) is 31.5 Å². The Hall–Kier alpha value is -1.57. The molecule has 0 bridgehead atoms. The Balaban J connectivity index is 3.06. The number of hydrogen-bond acceptors (Lipinski definition) is 2. The van der Waals surface area contributed by atoms with Crippen molar-refractivity contribution in [1.29, 1.82) is 0 Å². The van der Waals surface area contributed by atoms with Gasteiger partial charge < -0.3 is 4.74 Å². The van der Waals surface area contributed by atoms with Crippen LogP contribution < -0.4 is 15.2 Å². The molecule has 0 aliphatic carbocycles. The standard InChI is InChI=1S/C18H27NO/c1-6-9-16(10-7-2)20-17-12-11-14(4)18(13-17)15(5)19-8-3/h8,11-13,16H,4,6-7,9-10H2,1-3,5H3/b18-15-,19-8?. The van der Waals surface area contributed by atoms with E-state index in [0.717, 1.165) is 47.6 Å². The third-order valence-corrected chi connectivity index (χ3v) is 3.32. The summed E-state index contributed by atoms with van der Waals surface area (Å²) in [4.78, 5) is 4.34. The van der Waals surface area contributed by atoms with Crippen molar-refractivity contribution in [3.8, 4) is 5.75 Å². The molecule has 0 radical (unpaired) electrons. The first-order valence-corrected chi connectivity index (χ1v) is 7.57. The van der Waals surface area contributed by atoms with Crippen molar-refractivity contribution in [2.75, 3.05) is 0 Å². The number of rotatable bonds is 7. The van der Waals surface area contributed by atoms with Crippen LogP contribution in [0.25, 0.3) is 12.3 Å². The summed E-state index contributed by atoms with van der Waals surface area (Å²) in [7, 11) is 0. The fourth-order valence-corrected chi connectivity index (χ4v) is 2.33. The SMILES string of the molecule is C=c1ccc(OC(CCC)CCC)c/c1=C(\C)N=CC. The molecule has 1 rings (SSSR count). The van der Waals surface area contributed by atoms with Gasteiger partial charge in [0.25, 0.3) is 0 Å². The Morgan fingerprint density at radius 3 is 2.50 bits per heavy atom. The van der Waals surface area contributed by atoms with Crippen molar-refractivity contribution >= 4 is 18.5 Å². The smallest absolute Gasteiger partial charge is 0.120 e. The second kappa shape index (κ2) is 8.57. The van der Waals surface area contributed by atoms with Crippen LogP contribution in [0.15, 0.2) is 23.2 Å². The van der Waals surface area contributed by atoms with Crippen LogP contribution in [0.1, 0.15) is 53.4 Å². The number of ether oxygens (including phenoxy) is 1. The van der Waals surface area contributed by atoms with Crippen molar-refractivity contribution in [1.82, 2.24) is 0 Å². The number of aliphatic imine (C=N–C) groups is 1. The van der Waals surface area contributed by atoms with Crippen molar-refractivity contribution in [2.24, 2.45) is 4.99 Å². The molecular weight excluding hydrogens is 246 g/mol. The molecule has 2 nitrogen and oxygen atoms in total. The molecule has 0 spiro atoms. The Kier molecular flexibility index (Phi) is 7.06. The maximum Gasteiger partial charge on any atom is 0.120 e. The van der Waals surface area contributed by atoms with Crippen molar-refractivity contribution in [3.63, 3.8) is 0 Å². The van der Waals surface area contributed by atoms with Gasteiger partial charge in [-0.2, -0.15) is 0 Å². The summed E-state index contributed by atoms with van der Waals surface area (Å²) in [5, 5.41) is 2.05. The van der Waals surface area contributed by atoms with E-state index < -0.39 is 0 Å². The highest BCUT2D eigenvalue weighted by Crippen LogP contribution is 2.15. The van der Waals surface area contributed by atoms with Gasteiger partial charge in [0.05, 0.1) is 6.10 Å². The zero-order valence-electron chi connectivity index (χ0n) is 13.3. The first-order valence-electron chi connectivity index (χ1n) is 7.57. The first kappa shape index (κ1) is 16.5. The maximum absolute atomic E-state index is 6.13. The van der Waals surface area contributed by atoms with Gasteiger partial charge in [0, 0.05) is 17.1 Å². The zero-order valence-corrected chi connectivity index (χ0v) is 13.3. The minimum atomic E-state index is 0.309. The van der Waals surface area contributed by atoms with E-state index in [1.54, 1.807) is 6.21 Å². The molecule has 0 N–H and O–H groups in total. The highest BCUT2D eigenvalue weighted by atomic mass is 16.5. The molecule has 0 heterocycles. The van der Waals surface area contributed by atoms with Crippen molar-refractivity contribution in [2.45, 2.75) is 59.5 Å². The Labute approximate surface area is 122 Å². The lowest BCUT2D eigenvalue weighted by atomic mass is 10.1. The number of benzene rings is 1. The molecule has 2 heteroatoms. The lowest BCUT2D eigenvalue weighted by Gasteiger charge is -2.18. The van der Waals surface area contributed by atoms with Crippen LogP contribution in [0.2, 0.25) is 0 Å². The summed E-state index contributed by atoms with van der Waals surface area (Å²) in [6.45, 7) is 12.4. The molecule has 1 aromatic carbocycles. The molecule has 20 heavy (non-hydrogen) atoms. The molecule has 1 aromatic rings. The van der Waals surface area contributed by atoms with Crippen LogP contribution in [-0.4, -0.2) is 12.3 Å². The molecular formula is C18H27NO. The molecule has 0 saturated carbocycles. The summed E-state index contributed by atoms with van der Waals surface area (Å²) in [6.07, 6.45) is 6.62. The third-order valence-electron chi connectivity index (χ3n) is 3.32. The molecule has 0 aliphatic heterocycles. The highest BCUT2D eigenvalue weighted by molar-refractivity contribution is 5.62. The van der Waals surface area contributed by atoms with Crippen LogP contribution in [0.5, 0.6) is 5.75 Å². The van der Waals surface area contributed by atoms with Gasteiger partial charge in [-0.05, 0) is 44.0 Å². The highest BCUT2D eigenvalue weighted by Gasteiger charge is 2.08. The summed E-state index contributed by atoms with van der Waals surface area (Å²) >= 11 is 0. The minimum absolute atomic E-state index is 0.309. The first-order chi connectivity index (χ1) is 9.62. The minimum Gasteiger partial charge on any atom is -0.490 e. The lowest BCUT2D eigenvalue weighted by molar-refractivity contribution is 0.178. The lowest BCUT2D eigenvalue weighted by Crippen LogP contribution is -2.26. The normalized spacial score (nSPS) is 13.1. The van der Waals surface area contributed by atoms with Crippen LogP contribution in [0.4, 0.5) is 0 Å². The number of nitrogens with zero attached hydrogens (tertiary/aromatic N) is 1. The van der Waals surface area contributed by atoms with Gasteiger partial charge in [-0.15, -0.1) is 0 Å². The largest absolute Gasteiger partial charge is 0.490 e. The average Bonchev–Trinajstić information content (AvgIpc) is 2.41. The average molecular weight is 273 g/mol. The predicted octanol–water partition coefficient (Wildman–Crippen LogP) is 3.66. The molecule has 0 aliphatic rings. The quantitative estimate of drug-likeness (QED) is 0.695. The molecule has 0 saturated heterocycles. The number of hydrogen-bond donors (Lipinski definition) is 0. The summed E-state index contributed by atoms with van der Waals surface area (Å²) in [5.41, 5.74) is 0.977. The molecule has 0 aromatic heterocycles. The monoisotopic (exact) mass is 273 g/mol. The second-order valence-electron chi connectivity index (χ2n) is 5.11. The van der Waals surface area contributed by atoms with E-state index in [1.165, 1.54) is 0 Å². The summed E-state index contributed by atoms with van der Waals surface area (Å²) in [5.74, 6) is 0.921. The molecule has 0 atom stereocenters. The van der Waals surface area contributed by atoms with E-state index in [-0.39, 0.29) is 0 Å². The van der Waals surface area contributed by atoms with Gasteiger partial charge in [-0.3, -0.25) is 4.99 Å². The van der Waals surface area contributed by atoms with E-state index in [1.807, 2.05) is 26.0 Å². The van der Waals surface area contributed by atoms with Crippen LogP contribution in [0.3, 0.4) is 0 Å². The zero-order chi connectivity index (χ0) is 15.0. The van der Waals surface area contributed by atoms with Gasteiger partial charge >= 0.3 is 0 Å². The molecule has 0 unspecified atom stereocenters. The van der Waals surface area contributed by atoms with E-state index >= 15 is 0 Å². The predicted molar refractivity (Wildman–Crippen MR) is 88.7 cm³/mol. The topological polar surface area (TPSA) is 21.6 Å². The Bertz CT molecular complexity index is 539. The van der Waals surface area contributed by atoms with Gasteiger partial charge in [-0.1, -0.05) is 39.3 Å². The van der Waals surface area contributed by atoms with Gasteiger partial charge in [0.15, 0.2) is 0 Å². The van der Waals surface area contributed by atoms with Gasteiger partial charge in [-0.25, -0.2) is 0 Å². The second-order valence-corrected chi connectivity index (χ2v) is 5.11. The Morgan fingerprint density at radius 2 is 1.95 bits per heavy atom. The van der Waals surface area contributed by atoms with Gasteiger partial charge in [0.2, 0.25) is 0 Å². The third kappa shape index (κ3) is 4.84. The maximum atomic E-state index is 6.13. The fourth-order valence-electron chi connectivity index (χ4n) is 2.33. The van der Waals surface area contributed by atoms with Crippen molar-refractivity contribution < 1.29 is 4.74 Å². The van der Waals surface area contributed by atoms with Crippen LogP contribution in [0, 0.1) is 0 Å². The van der Waals surface area contributed by atoms with Crippen molar-refractivity contribution in [3.05, 3.63) is 28.6 Å². The van der Waals surface area contributed by atoms with Crippen LogP contribution >= 0.6 is 0 Å². The van der Waals surface area contributed by atoms with E-state index in [0.29, 0.717) is 6.10 Å². The molecule has 110 valence electrons. The summed E-state index contributed by atoms with van der Waals surface area (Å²) in [6, 6.07) is 6.07. The van der Waals surface area contributed by atoms with Crippen LogP contribution in [-0.2, 0) is 0 Å². The van der Waals surface area contributed by atoms with E-state index in [4.69, 9.17) is 4.74 Å². The fraction of sp³-hybridized carbons (Fsp3) is 0.500. The van der Waals surface area contributed by atoms with E-state index in [9.17, 15) is 0 Å². The Morgan fingerprint density at radius 1 is 1.30 bits per heavy atom.